The maximum absolute atomic E-state index is 5.21. The quantitative estimate of drug-likeness (QED) is 0.926. The van der Waals surface area contributed by atoms with E-state index >= 15 is 0 Å². The highest BCUT2D eigenvalue weighted by atomic mass is 79.9. The number of aryl methyl sites for hydroxylation is 1. The summed E-state index contributed by atoms with van der Waals surface area (Å²) < 4.78 is 6.23. The normalized spacial score (nSPS) is 10.3. The molecule has 2 heterocycles. The largest absolute Gasteiger partial charge is 0.467 e. The monoisotopic (exact) mass is 266 g/mol. The Balaban J connectivity index is 2.02. The highest BCUT2D eigenvalue weighted by Gasteiger charge is 1.99. The van der Waals surface area contributed by atoms with Crippen LogP contribution in [-0.4, -0.2) is 4.98 Å². The maximum Gasteiger partial charge on any atom is 0.126 e. The van der Waals surface area contributed by atoms with Crippen molar-refractivity contribution in [2.45, 2.75) is 13.5 Å². The average molecular weight is 267 g/mol. The summed E-state index contributed by atoms with van der Waals surface area (Å²) in [6, 6.07) is 7.71. The number of anilines is 1. The number of nitrogens with zero attached hydrogens (tertiary/aromatic N) is 1. The van der Waals surface area contributed by atoms with E-state index in [0.717, 1.165) is 21.7 Å². The minimum Gasteiger partial charge on any atom is -0.467 e. The number of halogens is 1. The molecule has 0 radical (unpaired) electrons. The van der Waals surface area contributed by atoms with Gasteiger partial charge in [-0.05, 0) is 47.1 Å². The summed E-state index contributed by atoms with van der Waals surface area (Å²) >= 11 is 3.41. The maximum atomic E-state index is 5.21. The van der Waals surface area contributed by atoms with Gasteiger partial charge in [-0.25, -0.2) is 4.98 Å². The number of nitrogens with one attached hydrogen (secondary N) is 1. The van der Waals surface area contributed by atoms with Crippen molar-refractivity contribution >= 4 is 21.7 Å². The first-order valence-corrected chi connectivity index (χ1v) is 5.44. The van der Waals surface area contributed by atoms with E-state index in [0.29, 0.717) is 6.54 Å². The van der Waals surface area contributed by atoms with Gasteiger partial charge in [0.05, 0.1) is 18.5 Å². The van der Waals surface area contributed by atoms with Crippen LogP contribution in [0.4, 0.5) is 5.82 Å². The Hall–Kier alpha value is -1.29. The van der Waals surface area contributed by atoms with Crippen molar-refractivity contribution in [2.75, 3.05) is 5.32 Å². The van der Waals surface area contributed by atoms with E-state index in [2.05, 4.69) is 26.2 Å². The standard InChI is InChI=1S/C11H11BrN2O/c1-8-10(12)4-5-11(14-8)13-7-9-3-2-6-15-9/h2-6H,7H2,1H3,(H,13,14). The van der Waals surface area contributed by atoms with E-state index < -0.39 is 0 Å². The first-order chi connectivity index (χ1) is 7.25. The molecule has 0 amide bonds. The molecule has 1 N–H and O–H groups in total. The van der Waals surface area contributed by atoms with Crippen LogP contribution in [0.3, 0.4) is 0 Å². The lowest BCUT2D eigenvalue weighted by Gasteiger charge is -2.05. The number of pyridine rings is 1. The van der Waals surface area contributed by atoms with E-state index in [1.54, 1.807) is 6.26 Å². The summed E-state index contributed by atoms with van der Waals surface area (Å²) in [5.41, 5.74) is 0.972. The van der Waals surface area contributed by atoms with E-state index in [4.69, 9.17) is 4.42 Å². The smallest absolute Gasteiger partial charge is 0.126 e. The summed E-state index contributed by atoms with van der Waals surface area (Å²) in [5.74, 6) is 1.75. The number of furan rings is 1. The molecule has 0 aliphatic carbocycles. The van der Waals surface area contributed by atoms with Gasteiger partial charge in [-0.2, -0.15) is 0 Å². The molecule has 0 spiro atoms. The van der Waals surface area contributed by atoms with E-state index in [-0.39, 0.29) is 0 Å². The van der Waals surface area contributed by atoms with Crippen molar-refractivity contribution in [1.82, 2.24) is 4.98 Å². The Morgan fingerprint density at radius 3 is 2.93 bits per heavy atom. The predicted molar refractivity (Wildman–Crippen MR) is 62.7 cm³/mol. The number of aromatic nitrogens is 1. The second-order valence-electron chi connectivity index (χ2n) is 3.20. The molecule has 2 rings (SSSR count). The Labute approximate surface area is 96.6 Å². The molecule has 0 saturated carbocycles. The molecular formula is C11H11BrN2O. The molecule has 0 fully saturated rings. The first-order valence-electron chi connectivity index (χ1n) is 4.65. The van der Waals surface area contributed by atoms with Crippen LogP contribution in [0.25, 0.3) is 0 Å². The van der Waals surface area contributed by atoms with Crippen LogP contribution in [0, 0.1) is 6.92 Å². The zero-order valence-electron chi connectivity index (χ0n) is 8.33. The van der Waals surface area contributed by atoms with Gasteiger partial charge in [0.15, 0.2) is 0 Å². The first kappa shape index (κ1) is 10.2. The molecule has 0 aromatic carbocycles. The number of hydrogen-bond donors (Lipinski definition) is 1. The van der Waals surface area contributed by atoms with Gasteiger partial charge in [-0.1, -0.05) is 0 Å². The molecule has 0 aliphatic heterocycles. The molecule has 2 aromatic rings. The summed E-state index contributed by atoms with van der Waals surface area (Å²) in [5, 5.41) is 3.19. The highest BCUT2D eigenvalue weighted by molar-refractivity contribution is 9.10. The minimum atomic E-state index is 0.654. The molecule has 0 aliphatic rings. The van der Waals surface area contributed by atoms with E-state index in [1.165, 1.54) is 0 Å². The zero-order valence-corrected chi connectivity index (χ0v) is 9.91. The van der Waals surface area contributed by atoms with Crippen LogP contribution in [0.15, 0.2) is 39.4 Å². The Morgan fingerprint density at radius 2 is 2.27 bits per heavy atom. The predicted octanol–water partition coefficient (Wildman–Crippen LogP) is 3.36. The van der Waals surface area contributed by atoms with Crippen LogP contribution < -0.4 is 5.32 Å². The van der Waals surface area contributed by atoms with Crippen molar-refractivity contribution in [3.8, 4) is 0 Å². The fraction of sp³-hybridized carbons (Fsp3) is 0.182. The fourth-order valence-corrected chi connectivity index (χ4v) is 1.45. The molecule has 78 valence electrons. The number of rotatable bonds is 3. The molecule has 0 bridgehead atoms. The molecule has 0 saturated heterocycles. The second kappa shape index (κ2) is 4.49. The van der Waals surface area contributed by atoms with Crippen molar-refractivity contribution in [2.24, 2.45) is 0 Å². The van der Waals surface area contributed by atoms with Gasteiger partial charge in [0.1, 0.15) is 11.6 Å². The van der Waals surface area contributed by atoms with Crippen molar-refractivity contribution in [3.05, 3.63) is 46.5 Å². The van der Waals surface area contributed by atoms with E-state index in [1.807, 2.05) is 31.2 Å². The summed E-state index contributed by atoms with van der Waals surface area (Å²) in [4.78, 5) is 4.37. The SMILES string of the molecule is Cc1nc(NCc2ccco2)ccc1Br. The lowest BCUT2D eigenvalue weighted by atomic mass is 10.3. The molecule has 3 nitrogen and oxygen atoms in total. The molecule has 0 atom stereocenters. The molecular weight excluding hydrogens is 256 g/mol. The second-order valence-corrected chi connectivity index (χ2v) is 4.05. The molecule has 0 unspecified atom stereocenters. The Bertz CT molecular complexity index is 440. The third-order valence-electron chi connectivity index (χ3n) is 2.05. The lowest BCUT2D eigenvalue weighted by molar-refractivity contribution is 0.518. The van der Waals surface area contributed by atoms with Gasteiger partial charge in [0, 0.05) is 4.47 Å². The summed E-state index contributed by atoms with van der Waals surface area (Å²) in [7, 11) is 0. The third-order valence-corrected chi connectivity index (χ3v) is 2.88. The van der Waals surface area contributed by atoms with Crippen molar-refractivity contribution in [1.29, 1.82) is 0 Å². The van der Waals surface area contributed by atoms with Gasteiger partial charge in [0.25, 0.3) is 0 Å². The molecule has 15 heavy (non-hydrogen) atoms. The van der Waals surface area contributed by atoms with E-state index in [9.17, 15) is 0 Å². The molecule has 4 heteroatoms. The highest BCUT2D eigenvalue weighted by Crippen LogP contribution is 2.16. The average Bonchev–Trinajstić information content (AvgIpc) is 2.73. The Kier molecular flexibility index (Phi) is 3.06. The van der Waals surface area contributed by atoms with Gasteiger partial charge in [0.2, 0.25) is 0 Å². The van der Waals surface area contributed by atoms with Gasteiger partial charge in [-0.3, -0.25) is 0 Å². The minimum absolute atomic E-state index is 0.654. The molecule has 2 aromatic heterocycles. The number of hydrogen-bond acceptors (Lipinski definition) is 3. The van der Waals surface area contributed by atoms with Crippen molar-refractivity contribution < 1.29 is 4.42 Å². The Morgan fingerprint density at radius 1 is 1.40 bits per heavy atom. The van der Waals surface area contributed by atoms with Gasteiger partial charge >= 0.3 is 0 Å². The van der Waals surface area contributed by atoms with Crippen LogP contribution in [-0.2, 0) is 6.54 Å². The zero-order chi connectivity index (χ0) is 10.7. The topological polar surface area (TPSA) is 38.1 Å². The lowest BCUT2D eigenvalue weighted by Crippen LogP contribution is -2.01. The summed E-state index contributed by atoms with van der Waals surface area (Å²) in [6.45, 7) is 2.61. The summed E-state index contributed by atoms with van der Waals surface area (Å²) in [6.07, 6.45) is 1.66. The van der Waals surface area contributed by atoms with Crippen LogP contribution in [0.2, 0.25) is 0 Å². The van der Waals surface area contributed by atoms with Gasteiger partial charge in [-0.15, -0.1) is 0 Å². The van der Waals surface area contributed by atoms with Crippen LogP contribution in [0.5, 0.6) is 0 Å². The fourth-order valence-electron chi connectivity index (χ4n) is 1.23. The van der Waals surface area contributed by atoms with Crippen LogP contribution >= 0.6 is 15.9 Å². The van der Waals surface area contributed by atoms with Crippen molar-refractivity contribution in [3.63, 3.8) is 0 Å². The van der Waals surface area contributed by atoms with Gasteiger partial charge < -0.3 is 9.73 Å². The van der Waals surface area contributed by atoms with Crippen LogP contribution in [0.1, 0.15) is 11.5 Å². The third kappa shape index (κ3) is 2.59.